The molecule has 1 amide bonds. The lowest BCUT2D eigenvalue weighted by molar-refractivity contribution is -0.123. The van der Waals surface area contributed by atoms with Crippen LogP contribution in [-0.2, 0) is 14.8 Å². The molecule has 0 saturated heterocycles. The molecule has 0 fully saturated rings. The molecule has 2 N–H and O–H groups in total. The largest absolute Gasteiger partial charge is 0.350 e. The summed E-state index contributed by atoms with van der Waals surface area (Å²) >= 11 is 0.863. The van der Waals surface area contributed by atoms with Crippen LogP contribution >= 0.6 is 11.3 Å². The van der Waals surface area contributed by atoms with Crippen LogP contribution in [0.15, 0.2) is 16.3 Å². The first-order valence-electron chi connectivity index (χ1n) is 5.89. The molecule has 20 heavy (non-hydrogen) atoms. The molecule has 1 heterocycles. The zero-order valence-electron chi connectivity index (χ0n) is 11.7. The van der Waals surface area contributed by atoms with Gasteiger partial charge in [-0.05, 0) is 39.8 Å². The summed E-state index contributed by atoms with van der Waals surface area (Å²) in [5.41, 5.74) is -0.437. The number of carbonyl (C=O) groups excluding carboxylic acids is 1. The molecule has 1 rings (SSSR count). The van der Waals surface area contributed by atoms with Crippen LogP contribution in [-0.4, -0.2) is 25.9 Å². The zero-order valence-corrected chi connectivity index (χ0v) is 13.4. The highest BCUT2D eigenvalue weighted by atomic mass is 32.2. The van der Waals surface area contributed by atoms with E-state index >= 15 is 0 Å². The van der Waals surface area contributed by atoms with Gasteiger partial charge in [0.2, 0.25) is 5.91 Å². The van der Waals surface area contributed by atoms with E-state index in [0.717, 1.165) is 11.3 Å². The van der Waals surface area contributed by atoms with E-state index in [1.54, 1.807) is 0 Å². The number of hydrogen-bond acceptors (Lipinski definition) is 5. The third-order valence-corrected chi connectivity index (χ3v) is 5.20. The number of sulfonamides is 1. The second-order valence-electron chi connectivity index (χ2n) is 5.31. The molecule has 0 aliphatic rings. The second kappa shape index (κ2) is 5.91. The van der Waals surface area contributed by atoms with E-state index in [1.165, 1.54) is 19.1 Å². The van der Waals surface area contributed by atoms with Gasteiger partial charge < -0.3 is 5.32 Å². The van der Waals surface area contributed by atoms with Gasteiger partial charge in [0.1, 0.15) is 15.2 Å². The Morgan fingerprint density at radius 2 is 2.00 bits per heavy atom. The van der Waals surface area contributed by atoms with E-state index in [4.69, 9.17) is 5.26 Å². The monoisotopic (exact) mass is 315 g/mol. The van der Waals surface area contributed by atoms with Crippen molar-refractivity contribution in [3.8, 4) is 6.07 Å². The van der Waals surface area contributed by atoms with Crippen molar-refractivity contribution in [1.29, 1.82) is 5.26 Å². The van der Waals surface area contributed by atoms with Gasteiger partial charge in [-0.25, -0.2) is 8.42 Å². The molecule has 1 unspecified atom stereocenters. The summed E-state index contributed by atoms with van der Waals surface area (Å²) in [6, 6.07) is 3.75. The summed E-state index contributed by atoms with van der Waals surface area (Å²) in [6.07, 6.45) is 0. The van der Waals surface area contributed by atoms with Crippen molar-refractivity contribution < 1.29 is 13.2 Å². The maximum Gasteiger partial charge on any atom is 0.250 e. The molecular weight excluding hydrogens is 298 g/mol. The fourth-order valence-corrected chi connectivity index (χ4v) is 3.67. The molecule has 0 aromatic carbocycles. The van der Waals surface area contributed by atoms with Crippen molar-refractivity contribution >= 4 is 27.3 Å². The Bertz CT molecular complexity index is 636. The van der Waals surface area contributed by atoms with Gasteiger partial charge in [0, 0.05) is 5.54 Å². The molecular formula is C12H17N3O3S2. The van der Waals surface area contributed by atoms with Crippen molar-refractivity contribution in [2.45, 2.75) is 43.5 Å². The number of nitriles is 1. The number of carbonyl (C=O) groups is 1. The number of rotatable bonds is 4. The van der Waals surface area contributed by atoms with Crippen molar-refractivity contribution in [2.24, 2.45) is 0 Å². The van der Waals surface area contributed by atoms with Crippen LogP contribution in [0.4, 0.5) is 0 Å². The Labute approximate surface area is 122 Å². The molecule has 1 aromatic rings. The predicted octanol–water partition coefficient (Wildman–Crippen LogP) is 1.20. The van der Waals surface area contributed by atoms with Gasteiger partial charge in [0.05, 0.1) is 6.04 Å². The molecule has 0 bridgehead atoms. The van der Waals surface area contributed by atoms with Crippen molar-refractivity contribution in [3.05, 3.63) is 17.0 Å². The van der Waals surface area contributed by atoms with Crippen LogP contribution in [0.5, 0.6) is 0 Å². The summed E-state index contributed by atoms with van der Waals surface area (Å²) in [5.74, 6) is -0.405. The van der Waals surface area contributed by atoms with E-state index in [1.807, 2.05) is 26.8 Å². The normalized spacial score (nSPS) is 13.6. The average molecular weight is 315 g/mol. The Hall–Kier alpha value is -1.43. The van der Waals surface area contributed by atoms with Crippen LogP contribution in [0.2, 0.25) is 0 Å². The molecule has 8 heteroatoms. The summed E-state index contributed by atoms with van der Waals surface area (Å²) < 4.78 is 26.4. The SMILES string of the molecule is CC(NS(=O)(=O)c1ccc(C#N)s1)C(=O)NC(C)(C)C. The van der Waals surface area contributed by atoms with Crippen LogP contribution in [0, 0.1) is 11.3 Å². The maximum absolute atomic E-state index is 12.1. The van der Waals surface area contributed by atoms with Crippen molar-refractivity contribution in [2.75, 3.05) is 0 Å². The van der Waals surface area contributed by atoms with Gasteiger partial charge in [-0.15, -0.1) is 11.3 Å². The van der Waals surface area contributed by atoms with Gasteiger partial charge in [-0.1, -0.05) is 0 Å². The predicted molar refractivity (Wildman–Crippen MR) is 76.7 cm³/mol. The Kier molecular flexibility index (Phi) is 4.91. The number of nitrogens with one attached hydrogen (secondary N) is 2. The Balaban J connectivity index is 2.81. The lowest BCUT2D eigenvalue weighted by Gasteiger charge is -2.23. The molecule has 1 atom stereocenters. The van der Waals surface area contributed by atoms with E-state index in [0.29, 0.717) is 4.88 Å². The van der Waals surface area contributed by atoms with Crippen molar-refractivity contribution in [1.82, 2.24) is 10.0 Å². The maximum atomic E-state index is 12.1. The minimum atomic E-state index is -3.79. The highest BCUT2D eigenvalue weighted by Crippen LogP contribution is 2.20. The minimum absolute atomic E-state index is 0.0180. The lowest BCUT2D eigenvalue weighted by Crippen LogP contribution is -2.50. The number of nitrogens with zero attached hydrogens (tertiary/aromatic N) is 1. The van der Waals surface area contributed by atoms with Gasteiger partial charge in [-0.2, -0.15) is 9.98 Å². The van der Waals surface area contributed by atoms with E-state index in [2.05, 4.69) is 10.0 Å². The molecule has 0 radical (unpaired) electrons. The van der Waals surface area contributed by atoms with Crippen molar-refractivity contribution in [3.63, 3.8) is 0 Å². The third kappa shape index (κ3) is 4.59. The van der Waals surface area contributed by atoms with Crippen LogP contribution in [0.25, 0.3) is 0 Å². The van der Waals surface area contributed by atoms with Gasteiger partial charge in [-0.3, -0.25) is 4.79 Å². The Morgan fingerprint density at radius 1 is 1.40 bits per heavy atom. The molecule has 0 saturated carbocycles. The lowest BCUT2D eigenvalue weighted by atomic mass is 10.1. The number of thiophene rings is 1. The first-order chi connectivity index (χ1) is 9.05. The summed E-state index contributed by atoms with van der Waals surface area (Å²) in [5, 5.41) is 11.4. The second-order valence-corrected chi connectivity index (χ2v) is 8.34. The highest BCUT2D eigenvalue weighted by Gasteiger charge is 2.25. The first-order valence-corrected chi connectivity index (χ1v) is 8.19. The fourth-order valence-electron chi connectivity index (χ4n) is 1.35. The first kappa shape index (κ1) is 16.6. The average Bonchev–Trinajstić information content (AvgIpc) is 2.75. The molecule has 0 aliphatic heterocycles. The molecule has 6 nitrogen and oxygen atoms in total. The third-order valence-electron chi connectivity index (χ3n) is 2.18. The van der Waals surface area contributed by atoms with Gasteiger partial charge >= 0.3 is 0 Å². The smallest absolute Gasteiger partial charge is 0.250 e. The van der Waals surface area contributed by atoms with E-state index < -0.39 is 27.5 Å². The van der Waals surface area contributed by atoms with Crippen LogP contribution in [0.1, 0.15) is 32.6 Å². The quantitative estimate of drug-likeness (QED) is 0.872. The van der Waals surface area contributed by atoms with Gasteiger partial charge in [0.25, 0.3) is 10.0 Å². The molecule has 0 aliphatic carbocycles. The highest BCUT2D eigenvalue weighted by molar-refractivity contribution is 7.91. The minimum Gasteiger partial charge on any atom is -0.350 e. The fraction of sp³-hybridized carbons (Fsp3) is 0.500. The zero-order chi connectivity index (χ0) is 15.6. The summed E-state index contributed by atoms with van der Waals surface area (Å²) in [7, 11) is -3.79. The summed E-state index contributed by atoms with van der Waals surface area (Å²) in [6.45, 7) is 6.90. The number of amides is 1. The topological polar surface area (TPSA) is 99.1 Å². The van der Waals surface area contributed by atoms with E-state index in [-0.39, 0.29) is 4.21 Å². The summed E-state index contributed by atoms with van der Waals surface area (Å²) in [4.78, 5) is 12.1. The van der Waals surface area contributed by atoms with Gasteiger partial charge in [0.15, 0.2) is 0 Å². The van der Waals surface area contributed by atoms with Crippen LogP contribution in [0.3, 0.4) is 0 Å². The molecule has 0 spiro atoms. The Morgan fingerprint density at radius 3 is 2.45 bits per heavy atom. The molecule has 1 aromatic heterocycles. The van der Waals surface area contributed by atoms with Crippen LogP contribution < -0.4 is 10.0 Å². The standard InChI is InChI=1S/C12H17N3O3S2/c1-8(11(16)14-12(2,3)4)15-20(17,18)10-6-5-9(7-13)19-10/h5-6,8,15H,1-4H3,(H,14,16). The van der Waals surface area contributed by atoms with E-state index in [9.17, 15) is 13.2 Å². The molecule has 110 valence electrons. The number of hydrogen-bond donors (Lipinski definition) is 2.